The zero-order chi connectivity index (χ0) is 14.3. The number of alkyl halides is 1. The summed E-state index contributed by atoms with van der Waals surface area (Å²) in [6, 6.07) is 13.5. The molecule has 102 valence electrons. The van der Waals surface area contributed by atoms with Crippen molar-refractivity contribution in [1.29, 1.82) is 0 Å². The molecule has 4 heteroatoms. The molecule has 1 atom stereocenters. The molecule has 0 aliphatic rings. The quantitative estimate of drug-likeness (QED) is 0.451. The molecule has 0 spiro atoms. The highest BCUT2D eigenvalue weighted by atomic mass is 79.9. The molecule has 3 rings (SSSR count). The van der Waals surface area contributed by atoms with Gasteiger partial charge in [-0.05, 0) is 57.4 Å². The first-order valence-electron chi connectivity index (χ1n) is 6.15. The number of halogens is 3. The van der Waals surface area contributed by atoms with Crippen LogP contribution < -0.4 is 0 Å². The van der Waals surface area contributed by atoms with Gasteiger partial charge in [0.05, 0.1) is 6.10 Å². The van der Waals surface area contributed by atoms with Gasteiger partial charge in [0.25, 0.3) is 0 Å². The molecule has 0 saturated carbocycles. The predicted octanol–water partition coefficient (Wildman–Crippen LogP) is 5.73. The Morgan fingerprint density at radius 3 is 2.25 bits per heavy atom. The van der Waals surface area contributed by atoms with E-state index >= 15 is 0 Å². The number of benzene rings is 3. The lowest BCUT2D eigenvalue weighted by Gasteiger charge is -2.14. The maximum Gasteiger partial charge on any atom is 0.0893 e. The molecule has 3 aromatic rings. The number of hydrogen-bond donors (Lipinski definition) is 1. The third-order valence-electron chi connectivity index (χ3n) is 3.41. The molecule has 0 unspecified atom stereocenters. The van der Waals surface area contributed by atoms with Crippen LogP contribution in [0.1, 0.15) is 11.7 Å². The van der Waals surface area contributed by atoms with Crippen molar-refractivity contribution in [2.45, 2.75) is 6.10 Å². The Balaban J connectivity index is 2.47. The fourth-order valence-corrected chi connectivity index (χ4v) is 3.19. The Morgan fingerprint density at radius 1 is 0.900 bits per heavy atom. The summed E-state index contributed by atoms with van der Waals surface area (Å²) < 4.78 is 0. The van der Waals surface area contributed by atoms with Crippen LogP contribution >= 0.6 is 39.1 Å². The van der Waals surface area contributed by atoms with E-state index in [1.54, 1.807) is 0 Å². The van der Waals surface area contributed by atoms with Crippen molar-refractivity contribution in [3.63, 3.8) is 0 Å². The molecular formula is C16H11BrCl2O. The van der Waals surface area contributed by atoms with Crippen molar-refractivity contribution < 1.29 is 5.11 Å². The fourth-order valence-electron chi connectivity index (χ4n) is 2.49. The van der Waals surface area contributed by atoms with Gasteiger partial charge >= 0.3 is 0 Å². The van der Waals surface area contributed by atoms with Gasteiger partial charge in [0.1, 0.15) is 0 Å². The standard InChI is InChI=1S/C16H11BrCl2O/c17-8-16(20)15-6-9-5-10(18)1-3-12(9)14-7-11(19)2-4-13(14)15/h1-7,16,20H,8H2/t16-/m0/s1. The Labute approximate surface area is 135 Å². The van der Waals surface area contributed by atoms with Crippen LogP contribution in [-0.4, -0.2) is 10.4 Å². The average Bonchev–Trinajstić information content (AvgIpc) is 2.45. The van der Waals surface area contributed by atoms with Crippen molar-refractivity contribution >= 4 is 60.7 Å². The van der Waals surface area contributed by atoms with Crippen molar-refractivity contribution in [3.05, 3.63) is 58.1 Å². The minimum Gasteiger partial charge on any atom is -0.388 e. The summed E-state index contributed by atoms with van der Waals surface area (Å²) in [4.78, 5) is 0. The molecular weight excluding hydrogens is 359 g/mol. The molecule has 0 aromatic heterocycles. The zero-order valence-corrected chi connectivity index (χ0v) is 13.5. The van der Waals surface area contributed by atoms with Gasteiger partial charge in [-0.2, -0.15) is 0 Å². The summed E-state index contributed by atoms with van der Waals surface area (Å²) in [5.41, 5.74) is 0.878. The van der Waals surface area contributed by atoms with E-state index in [1.165, 1.54) is 0 Å². The molecule has 0 saturated heterocycles. The van der Waals surface area contributed by atoms with E-state index in [9.17, 15) is 5.11 Å². The third-order valence-corrected chi connectivity index (χ3v) is 4.50. The molecule has 3 aromatic carbocycles. The lowest BCUT2D eigenvalue weighted by molar-refractivity contribution is 0.207. The molecule has 1 nitrogen and oxygen atoms in total. The van der Waals surface area contributed by atoms with Crippen LogP contribution in [0.3, 0.4) is 0 Å². The fraction of sp³-hybridized carbons (Fsp3) is 0.125. The van der Waals surface area contributed by atoms with Gasteiger partial charge in [0.15, 0.2) is 0 Å². The van der Waals surface area contributed by atoms with E-state index in [1.807, 2.05) is 42.5 Å². The summed E-state index contributed by atoms with van der Waals surface area (Å²) in [5, 5.41) is 16.2. The average molecular weight is 370 g/mol. The maximum absolute atomic E-state index is 10.2. The SMILES string of the molecule is O[C@@H](CBr)c1cc2cc(Cl)ccc2c2cc(Cl)ccc12. The summed E-state index contributed by atoms with van der Waals surface area (Å²) in [6.07, 6.45) is -0.568. The van der Waals surface area contributed by atoms with Crippen LogP contribution in [0.2, 0.25) is 10.0 Å². The van der Waals surface area contributed by atoms with Crippen LogP contribution in [0, 0.1) is 0 Å². The van der Waals surface area contributed by atoms with Crippen molar-refractivity contribution in [2.24, 2.45) is 0 Å². The molecule has 0 amide bonds. The van der Waals surface area contributed by atoms with Gasteiger partial charge in [0.2, 0.25) is 0 Å². The first kappa shape index (κ1) is 14.2. The highest BCUT2D eigenvalue weighted by molar-refractivity contribution is 9.09. The van der Waals surface area contributed by atoms with Crippen molar-refractivity contribution in [2.75, 3.05) is 5.33 Å². The number of aliphatic hydroxyl groups is 1. The molecule has 0 bridgehead atoms. The molecule has 0 heterocycles. The summed E-state index contributed by atoms with van der Waals surface area (Å²) in [6.45, 7) is 0. The van der Waals surface area contributed by atoms with Gasteiger partial charge in [-0.15, -0.1) is 0 Å². The van der Waals surface area contributed by atoms with Crippen LogP contribution in [0.25, 0.3) is 21.5 Å². The highest BCUT2D eigenvalue weighted by Gasteiger charge is 2.13. The normalized spacial score (nSPS) is 13.0. The summed E-state index contributed by atoms with van der Waals surface area (Å²) in [7, 11) is 0. The number of aliphatic hydroxyl groups excluding tert-OH is 1. The first-order valence-corrected chi connectivity index (χ1v) is 8.03. The molecule has 0 radical (unpaired) electrons. The third kappa shape index (κ3) is 2.42. The van der Waals surface area contributed by atoms with Crippen LogP contribution in [-0.2, 0) is 0 Å². The largest absolute Gasteiger partial charge is 0.388 e. The number of fused-ring (bicyclic) bond motifs is 3. The Morgan fingerprint density at radius 2 is 1.55 bits per heavy atom. The zero-order valence-electron chi connectivity index (χ0n) is 10.4. The Kier molecular flexibility index (Phi) is 3.91. The number of rotatable bonds is 2. The topological polar surface area (TPSA) is 20.2 Å². The van der Waals surface area contributed by atoms with Gasteiger partial charge in [0, 0.05) is 15.4 Å². The van der Waals surface area contributed by atoms with E-state index in [0.29, 0.717) is 15.4 Å². The van der Waals surface area contributed by atoms with Crippen LogP contribution in [0.4, 0.5) is 0 Å². The summed E-state index contributed by atoms with van der Waals surface area (Å²) >= 11 is 15.5. The molecule has 0 aliphatic carbocycles. The first-order chi connectivity index (χ1) is 9.60. The van der Waals surface area contributed by atoms with Gasteiger partial charge in [-0.1, -0.05) is 51.3 Å². The number of hydrogen-bond acceptors (Lipinski definition) is 1. The second-order valence-electron chi connectivity index (χ2n) is 4.69. The van der Waals surface area contributed by atoms with E-state index in [4.69, 9.17) is 23.2 Å². The van der Waals surface area contributed by atoms with Crippen molar-refractivity contribution in [3.8, 4) is 0 Å². The molecule has 0 fully saturated rings. The van der Waals surface area contributed by atoms with Crippen molar-refractivity contribution in [1.82, 2.24) is 0 Å². The highest BCUT2D eigenvalue weighted by Crippen LogP contribution is 2.35. The van der Waals surface area contributed by atoms with Gasteiger partial charge < -0.3 is 5.11 Å². The minimum absolute atomic E-state index is 0.483. The molecule has 20 heavy (non-hydrogen) atoms. The van der Waals surface area contributed by atoms with Gasteiger partial charge in [-0.3, -0.25) is 0 Å². The van der Waals surface area contributed by atoms with E-state index in [-0.39, 0.29) is 0 Å². The Hall–Kier alpha value is -0.800. The second kappa shape index (κ2) is 5.53. The molecule has 0 aliphatic heterocycles. The van der Waals surface area contributed by atoms with E-state index in [2.05, 4.69) is 15.9 Å². The Bertz CT molecular complexity index is 801. The predicted molar refractivity (Wildman–Crippen MR) is 90.2 cm³/mol. The van der Waals surface area contributed by atoms with Gasteiger partial charge in [-0.25, -0.2) is 0 Å². The van der Waals surface area contributed by atoms with Crippen LogP contribution in [0.15, 0.2) is 42.5 Å². The lowest BCUT2D eigenvalue weighted by Crippen LogP contribution is -1.99. The minimum atomic E-state index is -0.568. The van der Waals surface area contributed by atoms with Crippen LogP contribution in [0.5, 0.6) is 0 Å². The summed E-state index contributed by atoms with van der Waals surface area (Å²) in [5.74, 6) is 0. The smallest absolute Gasteiger partial charge is 0.0893 e. The lowest BCUT2D eigenvalue weighted by atomic mass is 9.95. The molecule has 1 N–H and O–H groups in total. The van der Waals surface area contributed by atoms with E-state index in [0.717, 1.165) is 27.1 Å². The second-order valence-corrected chi connectivity index (χ2v) is 6.21. The van der Waals surface area contributed by atoms with E-state index < -0.39 is 6.10 Å². The maximum atomic E-state index is 10.2. The monoisotopic (exact) mass is 368 g/mol.